The number of rotatable bonds is 12. The number of halogens is 1. The zero-order valence-corrected chi connectivity index (χ0v) is 14.9. The Labute approximate surface area is 138 Å². The first-order valence-corrected chi connectivity index (χ1v) is 9.32. The lowest BCUT2D eigenvalue weighted by Gasteiger charge is -2.10. The summed E-state index contributed by atoms with van der Waals surface area (Å²) >= 11 is 3.39. The highest BCUT2D eigenvalue weighted by Gasteiger charge is 2.07. The number of aliphatic hydroxyl groups is 1. The van der Waals surface area contributed by atoms with E-state index in [4.69, 9.17) is 0 Å². The second kappa shape index (κ2) is 12.2. The molecule has 0 amide bonds. The second-order valence-electron chi connectivity index (χ2n) is 5.92. The number of pyridine rings is 1. The normalized spacial score (nSPS) is 12.5. The molecule has 1 unspecified atom stereocenters. The van der Waals surface area contributed by atoms with E-state index in [1.807, 2.05) is 6.07 Å². The highest BCUT2D eigenvalue weighted by Crippen LogP contribution is 2.22. The second-order valence-corrected chi connectivity index (χ2v) is 6.84. The van der Waals surface area contributed by atoms with Gasteiger partial charge in [-0.25, -0.2) is 0 Å². The van der Waals surface area contributed by atoms with Crippen molar-refractivity contribution in [2.75, 3.05) is 0 Å². The van der Waals surface area contributed by atoms with Crippen molar-refractivity contribution < 1.29 is 5.11 Å². The van der Waals surface area contributed by atoms with Gasteiger partial charge in [0.05, 0.1) is 6.10 Å². The standard InChI is InChI=1S/C18H30BrNO/c1-2-3-4-5-6-7-8-9-10-11-12-18(21)16-13-17(19)15-20-14-16/h13-15,18,21H,2-12H2,1H3. The van der Waals surface area contributed by atoms with Crippen molar-refractivity contribution in [3.8, 4) is 0 Å². The summed E-state index contributed by atoms with van der Waals surface area (Å²) in [6.45, 7) is 2.26. The van der Waals surface area contributed by atoms with Gasteiger partial charge in [-0.3, -0.25) is 4.98 Å². The summed E-state index contributed by atoms with van der Waals surface area (Å²) in [6.07, 6.45) is 17.3. The van der Waals surface area contributed by atoms with E-state index in [2.05, 4.69) is 27.8 Å². The molecule has 0 aliphatic rings. The smallest absolute Gasteiger partial charge is 0.0805 e. The molecule has 1 aromatic heterocycles. The molecule has 1 aromatic rings. The molecule has 0 fully saturated rings. The van der Waals surface area contributed by atoms with E-state index < -0.39 is 0 Å². The maximum Gasteiger partial charge on any atom is 0.0805 e. The molecule has 1 atom stereocenters. The Kier molecular flexibility index (Phi) is 10.8. The maximum absolute atomic E-state index is 10.1. The number of hydrogen-bond acceptors (Lipinski definition) is 2. The van der Waals surface area contributed by atoms with Gasteiger partial charge in [-0.15, -0.1) is 0 Å². The lowest BCUT2D eigenvalue weighted by Crippen LogP contribution is -1.98. The molecule has 0 spiro atoms. The molecule has 1 rings (SSSR count). The third-order valence-corrected chi connectivity index (χ3v) is 4.38. The van der Waals surface area contributed by atoms with Crippen LogP contribution in [0.4, 0.5) is 0 Å². The van der Waals surface area contributed by atoms with Gasteiger partial charge >= 0.3 is 0 Å². The van der Waals surface area contributed by atoms with E-state index in [1.54, 1.807) is 12.4 Å². The van der Waals surface area contributed by atoms with Crippen molar-refractivity contribution >= 4 is 15.9 Å². The monoisotopic (exact) mass is 355 g/mol. The predicted octanol–water partition coefficient (Wildman–Crippen LogP) is 6.19. The molecule has 0 saturated heterocycles. The Morgan fingerprint density at radius 2 is 1.52 bits per heavy atom. The van der Waals surface area contributed by atoms with Crippen LogP contribution in [-0.4, -0.2) is 10.1 Å². The van der Waals surface area contributed by atoms with Crippen molar-refractivity contribution in [1.82, 2.24) is 4.98 Å². The van der Waals surface area contributed by atoms with Gasteiger partial charge in [-0.1, -0.05) is 71.1 Å². The van der Waals surface area contributed by atoms with Crippen LogP contribution in [0.3, 0.4) is 0 Å². The lowest BCUT2D eigenvalue weighted by molar-refractivity contribution is 0.163. The minimum atomic E-state index is -0.371. The zero-order valence-electron chi connectivity index (χ0n) is 13.4. The molecular formula is C18H30BrNO. The average molecular weight is 356 g/mol. The maximum atomic E-state index is 10.1. The first-order chi connectivity index (χ1) is 10.2. The summed E-state index contributed by atoms with van der Waals surface area (Å²) in [4.78, 5) is 4.10. The molecule has 1 N–H and O–H groups in total. The average Bonchev–Trinajstić information content (AvgIpc) is 2.49. The summed E-state index contributed by atoms with van der Waals surface area (Å²) in [7, 11) is 0. The van der Waals surface area contributed by atoms with Gasteiger partial charge in [0, 0.05) is 16.9 Å². The Hall–Kier alpha value is -0.410. The van der Waals surface area contributed by atoms with Crippen LogP contribution in [0.2, 0.25) is 0 Å². The van der Waals surface area contributed by atoms with Gasteiger partial charge in [-0.2, -0.15) is 0 Å². The van der Waals surface area contributed by atoms with E-state index in [0.717, 1.165) is 22.9 Å². The van der Waals surface area contributed by atoms with E-state index in [9.17, 15) is 5.11 Å². The molecule has 3 heteroatoms. The third kappa shape index (κ3) is 9.26. The molecule has 0 aliphatic heterocycles. The largest absolute Gasteiger partial charge is 0.388 e. The number of nitrogens with zero attached hydrogens (tertiary/aromatic N) is 1. The minimum absolute atomic E-state index is 0.371. The fraction of sp³-hybridized carbons (Fsp3) is 0.722. The van der Waals surface area contributed by atoms with E-state index in [0.29, 0.717) is 0 Å². The van der Waals surface area contributed by atoms with Gasteiger partial charge < -0.3 is 5.11 Å². The molecule has 1 heterocycles. The van der Waals surface area contributed by atoms with Crippen molar-refractivity contribution in [2.24, 2.45) is 0 Å². The summed E-state index contributed by atoms with van der Waals surface area (Å²) in [5.41, 5.74) is 0.917. The molecule has 21 heavy (non-hydrogen) atoms. The molecular weight excluding hydrogens is 326 g/mol. The fourth-order valence-electron chi connectivity index (χ4n) is 2.60. The van der Waals surface area contributed by atoms with Gasteiger partial charge in [0.1, 0.15) is 0 Å². The Balaban J connectivity index is 1.96. The van der Waals surface area contributed by atoms with Crippen molar-refractivity contribution in [3.63, 3.8) is 0 Å². The lowest BCUT2D eigenvalue weighted by atomic mass is 10.0. The predicted molar refractivity (Wildman–Crippen MR) is 93.4 cm³/mol. The van der Waals surface area contributed by atoms with Crippen LogP contribution >= 0.6 is 15.9 Å². The number of unbranched alkanes of at least 4 members (excludes halogenated alkanes) is 9. The molecule has 0 aromatic carbocycles. The van der Waals surface area contributed by atoms with E-state index in [-0.39, 0.29) is 6.10 Å². The Morgan fingerprint density at radius 3 is 2.10 bits per heavy atom. The first-order valence-electron chi connectivity index (χ1n) is 8.52. The van der Waals surface area contributed by atoms with E-state index >= 15 is 0 Å². The van der Waals surface area contributed by atoms with Crippen molar-refractivity contribution in [3.05, 3.63) is 28.5 Å². The Bertz CT molecular complexity index is 370. The van der Waals surface area contributed by atoms with Crippen molar-refractivity contribution in [2.45, 2.75) is 83.7 Å². The van der Waals surface area contributed by atoms with Gasteiger partial charge in [0.25, 0.3) is 0 Å². The van der Waals surface area contributed by atoms with Gasteiger partial charge in [-0.05, 0) is 34.0 Å². The number of aromatic nitrogens is 1. The summed E-state index contributed by atoms with van der Waals surface area (Å²) in [5, 5.41) is 10.1. The molecule has 0 radical (unpaired) electrons. The fourth-order valence-corrected chi connectivity index (χ4v) is 2.98. The molecule has 120 valence electrons. The van der Waals surface area contributed by atoms with Gasteiger partial charge in [0.15, 0.2) is 0 Å². The highest BCUT2D eigenvalue weighted by molar-refractivity contribution is 9.10. The minimum Gasteiger partial charge on any atom is -0.388 e. The van der Waals surface area contributed by atoms with Crippen LogP contribution in [-0.2, 0) is 0 Å². The SMILES string of the molecule is CCCCCCCCCCCCC(O)c1cncc(Br)c1. The van der Waals surface area contributed by atoms with Gasteiger partial charge in [0.2, 0.25) is 0 Å². The summed E-state index contributed by atoms with van der Waals surface area (Å²) in [6, 6.07) is 1.95. The molecule has 0 aliphatic carbocycles. The topological polar surface area (TPSA) is 33.1 Å². The summed E-state index contributed by atoms with van der Waals surface area (Å²) < 4.78 is 0.933. The number of hydrogen-bond donors (Lipinski definition) is 1. The third-order valence-electron chi connectivity index (χ3n) is 3.94. The van der Waals surface area contributed by atoms with E-state index in [1.165, 1.54) is 57.8 Å². The van der Waals surface area contributed by atoms with Crippen molar-refractivity contribution in [1.29, 1.82) is 0 Å². The highest BCUT2D eigenvalue weighted by atomic mass is 79.9. The Morgan fingerprint density at radius 1 is 0.952 bits per heavy atom. The molecule has 2 nitrogen and oxygen atoms in total. The quantitative estimate of drug-likeness (QED) is 0.453. The van der Waals surface area contributed by atoms with Crippen LogP contribution in [0, 0.1) is 0 Å². The number of aliphatic hydroxyl groups excluding tert-OH is 1. The van der Waals surface area contributed by atoms with Crippen LogP contribution in [0.5, 0.6) is 0 Å². The zero-order chi connectivity index (χ0) is 15.3. The molecule has 0 saturated carbocycles. The molecule has 0 bridgehead atoms. The summed E-state index contributed by atoms with van der Waals surface area (Å²) in [5.74, 6) is 0. The van der Waals surface area contributed by atoms with Crippen LogP contribution in [0.1, 0.15) is 89.2 Å². The first kappa shape index (κ1) is 18.6. The van der Waals surface area contributed by atoms with Crippen LogP contribution in [0.15, 0.2) is 22.9 Å². The van der Waals surface area contributed by atoms with Crippen LogP contribution in [0.25, 0.3) is 0 Å². The van der Waals surface area contributed by atoms with Crippen LogP contribution < -0.4 is 0 Å².